The van der Waals surface area contributed by atoms with Gasteiger partial charge in [0.05, 0.1) is 18.8 Å². The molecule has 1 amide bonds. The van der Waals surface area contributed by atoms with Gasteiger partial charge in [-0.25, -0.2) is 4.98 Å². The van der Waals surface area contributed by atoms with Crippen LogP contribution in [-0.4, -0.2) is 28.3 Å². The van der Waals surface area contributed by atoms with E-state index in [1.165, 1.54) is 24.9 Å². The molecule has 1 N–H and O–H groups in total. The molecular formula is C16H16ClN3O3S. The van der Waals surface area contributed by atoms with E-state index < -0.39 is 0 Å². The predicted octanol–water partition coefficient (Wildman–Crippen LogP) is 2.89. The van der Waals surface area contributed by atoms with Crippen LogP contribution < -0.4 is 15.6 Å². The second-order valence-corrected chi connectivity index (χ2v) is 6.87. The number of benzene rings is 1. The number of aromatic nitrogens is 2. The summed E-state index contributed by atoms with van der Waals surface area (Å²) in [5.41, 5.74) is 1.07. The second-order valence-electron chi connectivity index (χ2n) is 5.45. The first kappa shape index (κ1) is 16.9. The summed E-state index contributed by atoms with van der Waals surface area (Å²) in [5.74, 6) is 0.969. The van der Waals surface area contributed by atoms with Gasteiger partial charge in [-0.05, 0) is 25.1 Å². The van der Waals surface area contributed by atoms with Crippen LogP contribution in [0.4, 0.5) is 5.69 Å². The first-order valence-electron chi connectivity index (χ1n) is 7.34. The molecule has 24 heavy (non-hydrogen) atoms. The van der Waals surface area contributed by atoms with E-state index in [0.717, 1.165) is 0 Å². The summed E-state index contributed by atoms with van der Waals surface area (Å²) in [6, 6.07) is 6.28. The number of ether oxygens (including phenoxy) is 1. The van der Waals surface area contributed by atoms with Crippen LogP contribution >= 0.6 is 23.4 Å². The highest BCUT2D eigenvalue weighted by Crippen LogP contribution is 2.33. The maximum atomic E-state index is 12.4. The van der Waals surface area contributed by atoms with Crippen LogP contribution in [0.25, 0.3) is 0 Å². The maximum absolute atomic E-state index is 12.4. The van der Waals surface area contributed by atoms with Gasteiger partial charge in [-0.2, -0.15) is 0 Å². The fourth-order valence-corrected chi connectivity index (χ4v) is 3.97. The van der Waals surface area contributed by atoms with Crippen molar-refractivity contribution < 1.29 is 9.53 Å². The third-order valence-corrected chi connectivity index (χ3v) is 5.01. The molecule has 0 aliphatic carbocycles. The first-order valence-corrected chi connectivity index (χ1v) is 8.70. The van der Waals surface area contributed by atoms with Crippen molar-refractivity contribution in [3.05, 3.63) is 45.3 Å². The lowest BCUT2D eigenvalue weighted by atomic mass is 10.2. The van der Waals surface area contributed by atoms with E-state index in [-0.39, 0.29) is 23.9 Å². The zero-order valence-corrected chi connectivity index (χ0v) is 14.8. The molecule has 0 unspecified atom stereocenters. The Balaban J connectivity index is 1.76. The van der Waals surface area contributed by atoms with Crippen molar-refractivity contribution in [1.82, 2.24) is 9.55 Å². The number of halogens is 1. The number of carbonyl (C=O) groups excluding carboxylic acids is 1. The average Bonchev–Trinajstić information content (AvgIpc) is 2.90. The highest BCUT2D eigenvalue weighted by Gasteiger charge is 2.27. The van der Waals surface area contributed by atoms with Crippen LogP contribution in [0.5, 0.6) is 5.75 Å². The molecule has 0 fully saturated rings. The van der Waals surface area contributed by atoms with Crippen molar-refractivity contribution in [3.8, 4) is 5.75 Å². The number of fused-ring (bicyclic) bond motifs is 1. The number of nitrogens with zero attached hydrogens (tertiary/aromatic N) is 2. The van der Waals surface area contributed by atoms with Crippen molar-refractivity contribution in [2.75, 3.05) is 18.2 Å². The molecule has 0 saturated carbocycles. The molecule has 0 bridgehead atoms. The molecule has 0 saturated heterocycles. The number of carbonyl (C=O) groups is 1. The van der Waals surface area contributed by atoms with Crippen LogP contribution in [0, 0.1) is 6.92 Å². The monoisotopic (exact) mass is 365 g/mol. The quantitative estimate of drug-likeness (QED) is 0.843. The third kappa shape index (κ3) is 3.42. The first-order chi connectivity index (χ1) is 11.5. The Kier molecular flexibility index (Phi) is 4.82. The Labute approximate surface area is 148 Å². The highest BCUT2D eigenvalue weighted by molar-refractivity contribution is 7.99. The predicted molar refractivity (Wildman–Crippen MR) is 94.2 cm³/mol. The van der Waals surface area contributed by atoms with Crippen molar-refractivity contribution >= 4 is 35.0 Å². The van der Waals surface area contributed by atoms with E-state index in [2.05, 4.69) is 10.3 Å². The number of methoxy groups -OCH3 is 1. The van der Waals surface area contributed by atoms with Gasteiger partial charge in [0.15, 0.2) is 5.16 Å². The molecule has 1 aliphatic heterocycles. The van der Waals surface area contributed by atoms with Crippen LogP contribution in [0.15, 0.2) is 34.2 Å². The number of hydrogen-bond donors (Lipinski definition) is 1. The van der Waals surface area contributed by atoms with Gasteiger partial charge in [0.25, 0.3) is 5.56 Å². The third-order valence-electron chi connectivity index (χ3n) is 3.67. The summed E-state index contributed by atoms with van der Waals surface area (Å²) in [6.07, 6.45) is 0.181. The summed E-state index contributed by atoms with van der Waals surface area (Å²) in [7, 11) is 1.52. The zero-order chi connectivity index (χ0) is 17.3. The van der Waals surface area contributed by atoms with Crippen LogP contribution in [-0.2, 0) is 4.79 Å². The van der Waals surface area contributed by atoms with Crippen molar-refractivity contribution in [2.24, 2.45) is 0 Å². The van der Waals surface area contributed by atoms with Gasteiger partial charge in [0, 0.05) is 29.0 Å². The Morgan fingerprint density at radius 1 is 1.50 bits per heavy atom. The van der Waals surface area contributed by atoms with E-state index in [1.54, 1.807) is 29.7 Å². The number of amides is 1. The van der Waals surface area contributed by atoms with Gasteiger partial charge in [-0.3, -0.25) is 14.2 Å². The SMILES string of the molecule is COc1ccc(Cl)cc1NC(=O)C[C@H]1CSc2nc(C)cc(=O)n21. The van der Waals surface area contributed by atoms with Crippen LogP contribution in [0.2, 0.25) is 5.02 Å². The van der Waals surface area contributed by atoms with E-state index >= 15 is 0 Å². The zero-order valence-electron chi connectivity index (χ0n) is 13.2. The number of anilines is 1. The van der Waals surface area contributed by atoms with Crippen LogP contribution in [0.1, 0.15) is 18.2 Å². The van der Waals surface area contributed by atoms with E-state index in [0.29, 0.717) is 33.1 Å². The minimum atomic E-state index is -0.212. The Bertz CT molecular complexity index is 853. The normalized spacial score (nSPS) is 15.9. The van der Waals surface area contributed by atoms with Gasteiger partial charge in [0.2, 0.25) is 5.91 Å². The van der Waals surface area contributed by atoms with Gasteiger partial charge in [0.1, 0.15) is 5.75 Å². The lowest BCUT2D eigenvalue weighted by Crippen LogP contribution is -2.27. The molecular weight excluding hydrogens is 350 g/mol. The van der Waals surface area contributed by atoms with Gasteiger partial charge >= 0.3 is 0 Å². The molecule has 0 radical (unpaired) electrons. The number of rotatable bonds is 4. The Morgan fingerprint density at radius 2 is 2.29 bits per heavy atom. The number of hydrogen-bond acceptors (Lipinski definition) is 5. The largest absolute Gasteiger partial charge is 0.495 e. The molecule has 6 nitrogen and oxygen atoms in total. The summed E-state index contributed by atoms with van der Waals surface area (Å²) in [5, 5.41) is 3.97. The minimum absolute atomic E-state index is 0.124. The van der Waals surface area contributed by atoms with Gasteiger partial charge in [-0.15, -0.1) is 0 Å². The van der Waals surface area contributed by atoms with Crippen molar-refractivity contribution in [2.45, 2.75) is 24.5 Å². The molecule has 1 aromatic heterocycles. The molecule has 2 aromatic rings. The summed E-state index contributed by atoms with van der Waals surface area (Å²) in [6.45, 7) is 1.79. The molecule has 1 aliphatic rings. The second kappa shape index (κ2) is 6.86. The standard InChI is InChI=1S/C16H16ClN3O3S/c1-9-5-15(22)20-11(8-24-16(20)18-9)7-14(21)19-12-6-10(17)3-4-13(12)23-2/h3-6,11H,7-8H2,1-2H3,(H,19,21)/t11-/m0/s1. The fraction of sp³-hybridized carbons (Fsp3) is 0.312. The molecule has 1 atom stereocenters. The highest BCUT2D eigenvalue weighted by atomic mass is 35.5. The topological polar surface area (TPSA) is 73.2 Å². The number of thioether (sulfide) groups is 1. The summed E-state index contributed by atoms with van der Waals surface area (Å²) >= 11 is 7.45. The Morgan fingerprint density at radius 3 is 3.04 bits per heavy atom. The summed E-state index contributed by atoms with van der Waals surface area (Å²) < 4.78 is 6.81. The summed E-state index contributed by atoms with van der Waals surface area (Å²) in [4.78, 5) is 28.9. The maximum Gasteiger partial charge on any atom is 0.254 e. The van der Waals surface area contributed by atoms with E-state index in [1.807, 2.05) is 0 Å². The van der Waals surface area contributed by atoms with Gasteiger partial charge in [-0.1, -0.05) is 23.4 Å². The molecule has 1 aromatic carbocycles. The van der Waals surface area contributed by atoms with Crippen LogP contribution in [0.3, 0.4) is 0 Å². The number of nitrogens with one attached hydrogen (secondary N) is 1. The molecule has 3 rings (SSSR count). The van der Waals surface area contributed by atoms with Crippen molar-refractivity contribution in [3.63, 3.8) is 0 Å². The molecule has 0 spiro atoms. The smallest absolute Gasteiger partial charge is 0.254 e. The fourth-order valence-electron chi connectivity index (χ4n) is 2.61. The Hall–Kier alpha value is -1.99. The molecule has 8 heteroatoms. The molecule has 2 heterocycles. The molecule has 126 valence electrons. The van der Waals surface area contributed by atoms with E-state index in [4.69, 9.17) is 16.3 Å². The van der Waals surface area contributed by atoms with Crippen molar-refractivity contribution in [1.29, 1.82) is 0 Å². The van der Waals surface area contributed by atoms with Gasteiger partial charge < -0.3 is 10.1 Å². The number of aryl methyl sites for hydroxylation is 1. The lowest BCUT2D eigenvalue weighted by molar-refractivity contribution is -0.116. The average molecular weight is 366 g/mol. The van der Waals surface area contributed by atoms with E-state index in [9.17, 15) is 9.59 Å². The minimum Gasteiger partial charge on any atom is -0.495 e. The lowest BCUT2D eigenvalue weighted by Gasteiger charge is -2.14.